The summed E-state index contributed by atoms with van der Waals surface area (Å²) in [7, 11) is 0. The van der Waals surface area contributed by atoms with Crippen molar-refractivity contribution in [2.45, 2.75) is 6.92 Å². The minimum Gasteiger partial charge on any atom is -0.460 e. The van der Waals surface area contributed by atoms with Gasteiger partial charge >= 0.3 is 5.97 Å². The zero-order valence-corrected chi connectivity index (χ0v) is 9.19. The largest absolute Gasteiger partial charge is 0.460 e. The van der Waals surface area contributed by atoms with Crippen LogP contribution in [-0.2, 0) is 4.74 Å². The molecule has 0 spiro atoms. The molecule has 2 heterocycles. The summed E-state index contributed by atoms with van der Waals surface area (Å²) in [6.07, 6.45) is 0. The van der Waals surface area contributed by atoms with Crippen molar-refractivity contribution in [2.75, 3.05) is 13.4 Å². The number of hydrogen-bond donors (Lipinski definition) is 0. The second-order valence-electron chi connectivity index (χ2n) is 3.55. The van der Waals surface area contributed by atoms with Crippen molar-refractivity contribution in [3.63, 3.8) is 0 Å². The molecule has 0 atom stereocenters. The fourth-order valence-electron chi connectivity index (χ4n) is 1.76. The van der Waals surface area contributed by atoms with E-state index in [-0.39, 0.29) is 12.6 Å². The number of carbonyl (C=O) groups excluding carboxylic acids is 1. The SMILES string of the molecule is CCOC(=O)c1cc2ccc3c(c2o1)OCO3. The highest BCUT2D eigenvalue weighted by atomic mass is 16.7. The van der Waals surface area contributed by atoms with Crippen LogP contribution in [-0.4, -0.2) is 19.4 Å². The van der Waals surface area contributed by atoms with E-state index in [1.165, 1.54) is 0 Å². The van der Waals surface area contributed by atoms with Crippen molar-refractivity contribution >= 4 is 16.9 Å². The van der Waals surface area contributed by atoms with Gasteiger partial charge in [0, 0.05) is 5.39 Å². The number of fused-ring (bicyclic) bond motifs is 3. The van der Waals surface area contributed by atoms with Crippen molar-refractivity contribution in [1.82, 2.24) is 0 Å². The second-order valence-corrected chi connectivity index (χ2v) is 3.55. The predicted molar refractivity (Wildman–Crippen MR) is 58.3 cm³/mol. The molecule has 0 unspecified atom stereocenters. The van der Waals surface area contributed by atoms with Gasteiger partial charge in [-0.25, -0.2) is 4.79 Å². The molecule has 0 radical (unpaired) electrons. The zero-order valence-electron chi connectivity index (χ0n) is 9.19. The molecule has 0 fully saturated rings. The Bertz CT molecular complexity index is 584. The molecule has 1 aliphatic rings. The van der Waals surface area contributed by atoms with E-state index in [0.717, 1.165) is 5.39 Å². The molecule has 0 aliphatic carbocycles. The Morgan fingerprint density at radius 1 is 1.41 bits per heavy atom. The molecule has 0 N–H and O–H groups in total. The van der Waals surface area contributed by atoms with E-state index < -0.39 is 5.97 Å². The smallest absolute Gasteiger partial charge is 0.374 e. The van der Waals surface area contributed by atoms with Gasteiger partial charge in [0.15, 0.2) is 11.3 Å². The maximum atomic E-state index is 11.5. The lowest BCUT2D eigenvalue weighted by Crippen LogP contribution is -2.02. The summed E-state index contributed by atoms with van der Waals surface area (Å²) in [6.45, 7) is 2.23. The lowest BCUT2D eigenvalue weighted by atomic mass is 10.2. The maximum absolute atomic E-state index is 11.5. The fraction of sp³-hybridized carbons (Fsp3) is 0.250. The number of carbonyl (C=O) groups is 1. The van der Waals surface area contributed by atoms with Gasteiger partial charge in [0.25, 0.3) is 0 Å². The molecule has 0 bridgehead atoms. The molecule has 1 aromatic carbocycles. The standard InChI is InChI=1S/C12H10O5/c1-2-14-12(13)9-5-7-3-4-8-11(10(7)17-9)16-6-15-8/h3-5H,2,6H2,1H3. The normalized spacial score (nSPS) is 13.0. The average Bonchev–Trinajstić information content (AvgIpc) is 2.94. The number of hydrogen-bond acceptors (Lipinski definition) is 5. The third-order valence-corrected chi connectivity index (χ3v) is 2.50. The summed E-state index contributed by atoms with van der Waals surface area (Å²) in [5, 5.41) is 0.789. The highest BCUT2D eigenvalue weighted by Crippen LogP contribution is 2.40. The predicted octanol–water partition coefficient (Wildman–Crippen LogP) is 2.34. The molecular formula is C12H10O5. The summed E-state index contributed by atoms with van der Waals surface area (Å²) < 4.78 is 20.8. The Hall–Kier alpha value is -2.17. The van der Waals surface area contributed by atoms with Crippen molar-refractivity contribution in [2.24, 2.45) is 0 Å². The van der Waals surface area contributed by atoms with Gasteiger partial charge in [-0.15, -0.1) is 0 Å². The molecule has 2 aromatic rings. The van der Waals surface area contributed by atoms with Crippen LogP contribution >= 0.6 is 0 Å². The molecular weight excluding hydrogens is 224 g/mol. The van der Waals surface area contributed by atoms with Crippen molar-refractivity contribution in [3.05, 3.63) is 24.0 Å². The van der Waals surface area contributed by atoms with Crippen LogP contribution in [0.25, 0.3) is 11.0 Å². The van der Waals surface area contributed by atoms with Crippen LogP contribution in [0.15, 0.2) is 22.6 Å². The van der Waals surface area contributed by atoms with Gasteiger partial charge in [-0.05, 0) is 25.1 Å². The summed E-state index contributed by atoms with van der Waals surface area (Å²) in [4.78, 5) is 11.5. The summed E-state index contributed by atoms with van der Waals surface area (Å²) in [5.41, 5.74) is 0.517. The summed E-state index contributed by atoms with van der Waals surface area (Å²) in [6, 6.07) is 5.24. The third kappa shape index (κ3) is 1.51. The molecule has 5 heteroatoms. The van der Waals surface area contributed by atoms with Crippen molar-refractivity contribution in [3.8, 4) is 11.5 Å². The first-order chi connectivity index (χ1) is 8.29. The van der Waals surface area contributed by atoms with E-state index in [9.17, 15) is 4.79 Å². The molecule has 3 rings (SSSR count). The topological polar surface area (TPSA) is 57.9 Å². The first-order valence-corrected chi connectivity index (χ1v) is 5.29. The minimum absolute atomic E-state index is 0.171. The molecule has 5 nitrogen and oxygen atoms in total. The highest BCUT2D eigenvalue weighted by Gasteiger charge is 2.22. The van der Waals surface area contributed by atoms with Crippen LogP contribution in [0.4, 0.5) is 0 Å². The number of esters is 1. The van der Waals surface area contributed by atoms with E-state index in [1.807, 2.05) is 6.07 Å². The number of rotatable bonds is 2. The van der Waals surface area contributed by atoms with Gasteiger partial charge in [0.2, 0.25) is 18.3 Å². The Morgan fingerprint density at radius 3 is 3.12 bits per heavy atom. The van der Waals surface area contributed by atoms with Crippen LogP contribution in [0, 0.1) is 0 Å². The zero-order chi connectivity index (χ0) is 11.8. The molecule has 88 valence electrons. The summed E-state index contributed by atoms with van der Waals surface area (Å²) in [5.74, 6) is 0.863. The molecule has 1 aromatic heterocycles. The van der Waals surface area contributed by atoms with Crippen LogP contribution in [0.5, 0.6) is 11.5 Å². The number of ether oxygens (including phenoxy) is 3. The van der Waals surface area contributed by atoms with E-state index in [1.54, 1.807) is 19.1 Å². The quantitative estimate of drug-likeness (QED) is 0.746. The van der Waals surface area contributed by atoms with E-state index in [2.05, 4.69) is 0 Å². The van der Waals surface area contributed by atoms with E-state index in [0.29, 0.717) is 23.7 Å². The van der Waals surface area contributed by atoms with Gasteiger partial charge in [0.1, 0.15) is 0 Å². The first kappa shape index (κ1) is 10.0. The first-order valence-electron chi connectivity index (χ1n) is 5.29. The number of benzene rings is 1. The van der Waals surface area contributed by atoms with E-state index in [4.69, 9.17) is 18.6 Å². The van der Waals surface area contributed by atoms with Gasteiger partial charge in [0.05, 0.1) is 6.61 Å². The van der Waals surface area contributed by atoms with Crippen LogP contribution in [0.3, 0.4) is 0 Å². The van der Waals surface area contributed by atoms with Gasteiger partial charge in [-0.1, -0.05) is 0 Å². The highest BCUT2D eigenvalue weighted by molar-refractivity contribution is 5.95. The maximum Gasteiger partial charge on any atom is 0.374 e. The molecule has 0 saturated carbocycles. The van der Waals surface area contributed by atoms with Crippen LogP contribution in [0.1, 0.15) is 17.5 Å². The Balaban J connectivity index is 2.10. The Kier molecular flexibility index (Phi) is 2.18. The summed E-state index contributed by atoms with van der Waals surface area (Å²) >= 11 is 0. The number of furan rings is 1. The van der Waals surface area contributed by atoms with E-state index >= 15 is 0 Å². The van der Waals surface area contributed by atoms with Gasteiger partial charge < -0.3 is 18.6 Å². The second kappa shape index (κ2) is 3.69. The minimum atomic E-state index is -0.476. The van der Waals surface area contributed by atoms with Crippen molar-refractivity contribution < 1.29 is 23.4 Å². The molecule has 0 saturated heterocycles. The lowest BCUT2D eigenvalue weighted by molar-refractivity contribution is 0.0492. The van der Waals surface area contributed by atoms with Crippen LogP contribution < -0.4 is 9.47 Å². The molecule has 0 amide bonds. The monoisotopic (exact) mass is 234 g/mol. The third-order valence-electron chi connectivity index (χ3n) is 2.50. The van der Waals surface area contributed by atoms with Crippen molar-refractivity contribution in [1.29, 1.82) is 0 Å². The van der Waals surface area contributed by atoms with Gasteiger partial charge in [-0.2, -0.15) is 0 Å². The average molecular weight is 234 g/mol. The fourth-order valence-corrected chi connectivity index (χ4v) is 1.76. The Morgan fingerprint density at radius 2 is 2.29 bits per heavy atom. The molecule has 1 aliphatic heterocycles. The lowest BCUT2D eigenvalue weighted by Gasteiger charge is -1.96. The van der Waals surface area contributed by atoms with Gasteiger partial charge in [-0.3, -0.25) is 0 Å². The Labute approximate surface area is 96.9 Å². The van der Waals surface area contributed by atoms with Crippen LogP contribution in [0.2, 0.25) is 0 Å². The molecule has 17 heavy (non-hydrogen) atoms.